The van der Waals surface area contributed by atoms with Gasteiger partial charge in [0, 0.05) is 19.2 Å². The monoisotopic (exact) mass is 470 g/mol. The maximum Gasteiger partial charge on any atom is 0.421 e. The number of aromatic nitrogens is 2. The van der Waals surface area contributed by atoms with Crippen molar-refractivity contribution in [2.24, 2.45) is 7.05 Å². The van der Waals surface area contributed by atoms with Crippen LogP contribution >= 0.6 is 0 Å². The SMILES string of the molecule is CCCc1cc2c(c(CCC)c1OCCCCn1c(O)cn(C)c1=O)COC2(C)C(F)(F)F. The predicted molar refractivity (Wildman–Crippen MR) is 119 cm³/mol. The number of hydrogen-bond acceptors (Lipinski definition) is 4. The van der Waals surface area contributed by atoms with E-state index in [0.29, 0.717) is 50.1 Å². The van der Waals surface area contributed by atoms with Gasteiger partial charge in [-0.3, -0.25) is 9.13 Å². The molecular weight excluding hydrogens is 437 g/mol. The van der Waals surface area contributed by atoms with Crippen molar-refractivity contribution in [1.82, 2.24) is 9.13 Å². The molecule has 1 aliphatic heterocycles. The number of rotatable bonds is 10. The molecule has 1 aliphatic rings. The third-order valence-electron chi connectivity index (χ3n) is 6.29. The van der Waals surface area contributed by atoms with Crippen molar-refractivity contribution >= 4 is 0 Å². The molecule has 1 aromatic heterocycles. The van der Waals surface area contributed by atoms with Crippen molar-refractivity contribution in [3.63, 3.8) is 0 Å². The van der Waals surface area contributed by atoms with Gasteiger partial charge in [0.1, 0.15) is 5.75 Å². The van der Waals surface area contributed by atoms with Crippen LogP contribution in [0.4, 0.5) is 13.2 Å². The van der Waals surface area contributed by atoms with Gasteiger partial charge < -0.3 is 14.6 Å². The summed E-state index contributed by atoms with van der Waals surface area (Å²) in [7, 11) is 1.58. The van der Waals surface area contributed by atoms with Crippen molar-refractivity contribution in [3.8, 4) is 11.6 Å². The smallest absolute Gasteiger partial charge is 0.421 e. The molecule has 184 valence electrons. The zero-order valence-electron chi connectivity index (χ0n) is 19.7. The van der Waals surface area contributed by atoms with Crippen molar-refractivity contribution in [2.75, 3.05) is 6.61 Å². The Bertz CT molecular complexity index is 1040. The van der Waals surface area contributed by atoms with E-state index in [4.69, 9.17) is 9.47 Å². The fourth-order valence-electron chi connectivity index (χ4n) is 4.43. The molecule has 2 aromatic rings. The van der Waals surface area contributed by atoms with Crippen LogP contribution in [0.15, 0.2) is 17.1 Å². The zero-order chi connectivity index (χ0) is 24.4. The molecule has 1 unspecified atom stereocenters. The number of benzene rings is 1. The number of unbranched alkanes of at least 4 members (excludes halogenated alkanes) is 1. The van der Waals surface area contributed by atoms with Gasteiger partial charge in [0.25, 0.3) is 0 Å². The topological polar surface area (TPSA) is 65.6 Å². The molecule has 0 bridgehead atoms. The first-order valence-electron chi connectivity index (χ1n) is 11.5. The van der Waals surface area contributed by atoms with E-state index >= 15 is 0 Å². The van der Waals surface area contributed by atoms with Crippen LogP contribution in [0, 0.1) is 0 Å². The van der Waals surface area contributed by atoms with Gasteiger partial charge in [-0.25, -0.2) is 4.79 Å². The molecule has 9 heteroatoms. The molecule has 1 aromatic carbocycles. The van der Waals surface area contributed by atoms with E-state index in [0.717, 1.165) is 30.9 Å². The molecule has 0 fully saturated rings. The number of imidazole rings is 1. The van der Waals surface area contributed by atoms with E-state index in [1.165, 1.54) is 15.3 Å². The number of aromatic hydroxyl groups is 1. The van der Waals surface area contributed by atoms with Crippen LogP contribution in [-0.4, -0.2) is 27.0 Å². The molecule has 33 heavy (non-hydrogen) atoms. The van der Waals surface area contributed by atoms with Gasteiger partial charge in [-0.2, -0.15) is 13.2 Å². The van der Waals surface area contributed by atoms with Crippen molar-refractivity contribution < 1.29 is 27.8 Å². The number of halogens is 3. The molecule has 0 saturated carbocycles. The Balaban J connectivity index is 1.81. The first-order chi connectivity index (χ1) is 15.5. The van der Waals surface area contributed by atoms with E-state index in [-0.39, 0.29) is 23.7 Å². The lowest BCUT2D eigenvalue weighted by molar-refractivity contribution is -0.272. The molecule has 1 atom stereocenters. The standard InChI is InChI=1S/C24H33F3N2O4/c1-5-9-16-13-19-18(15-33-23(19,3)24(25,26)27)17(10-6-2)21(16)32-12-8-7-11-29-20(30)14-28(4)22(29)31/h13-14,30H,5-12,15H2,1-4H3. The van der Waals surface area contributed by atoms with Crippen LogP contribution in [0.5, 0.6) is 11.6 Å². The second-order valence-corrected chi connectivity index (χ2v) is 8.78. The quantitative estimate of drug-likeness (QED) is 0.499. The van der Waals surface area contributed by atoms with Crippen LogP contribution < -0.4 is 10.4 Å². The third-order valence-corrected chi connectivity index (χ3v) is 6.29. The number of fused-ring (bicyclic) bond motifs is 1. The lowest BCUT2D eigenvalue weighted by atomic mass is 9.86. The minimum Gasteiger partial charge on any atom is -0.493 e. The van der Waals surface area contributed by atoms with Crippen LogP contribution in [0.1, 0.15) is 68.7 Å². The minimum atomic E-state index is -4.51. The highest BCUT2D eigenvalue weighted by molar-refractivity contribution is 5.54. The molecule has 2 heterocycles. The highest BCUT2D eigenvalue weighted by Crippen LogP contribution is 2.51. The number of nitrogens with zero attached hydrogens (tertiary/aromatic N) is 2. The maximum absolute atomic E-state index is 13.8. The molecular formula is C24H33F3N2O4. The lowest BCUT2D eigenvalue weighted by Gasteiger charge is -2.28. The molecule has 1 N–H and O–H groups in total. The summed E-state index contributed by atoms with van der Waals surface area (Å²) in [6.07, 6.45) is 0.886. The molecule has 6 nitrogen and oxygen atoms in total. The van der Waals surface area contributed by atoms with Gasteiger partial charge in [-0.15, -0.1) is 0 Å². The summed E-state index contributed by atoms with van der Waals surface area (Å²) in [6, 6.07) is 1.62. The number of ether oxygens (including phenoxy) is 2. The average Bonchev–Trinajstić information content (AvgIpc) is 3.21. The third kappa shape index (κ3) is 4.78. The van der Waals surface area contributed by atoms with Gasteiger partial charge in [0.2, 0.25) is 5.88 Å². The molecule has 0 aliphatic carbocycles. The normalized spacial score (nSPS) is 18.0. The van der Waals surface area contributed by atoms with Gasteiger partial charge in [0.05, 0.1) is 19.4 Å². The van der Waals surface area contributed by atoms with Crippen LogP contribution in [0.3, 0.4) is 0 Å². The number of aryl methyl sites for hydroxylation is 2. The Morgan fingerprint density at radius 1 is 1.21 bits per heavy atom. The maximum atomic E-state index is 13.8. The van der Waals surface area contributed by atoms with E-state index in [1.807, 2.05) is 13.8 Å². The molecule has 0 radical (unpaired) electrons. The summed E-state index contributed by atoms with van der Waals surface area (Å²) in [5, 5.41) is 9.85. The summed E-state index contributed by atoms with van der Waals surface area (Å²) in [5.74, 6) is 0.595. The Hall–Kier alpha value is -2.42. The first-order valence-corrected chi connectivity index (χ1v) is 11.5. The number of hydrogen-bond donors (Lipinski definition) is 1. The molecule has 0 spiro atoms. The Morgan fingerprint density at radius 2 is 1.91 bits per heavy atom. The predicted octanol–water partition coefficient (Wildman–Crippen LogP) is 4.96. The summed E-state index contributed by atoms with van der Waals surface area (Å²) < 4.78 is 55.7. The second kappa shape index (κ2) is 9.83. The molecule has 3 rings (SSSR count). The minimum absolute atomic E-state index is 0.0785. The van der Waals surface area contributed by atoms with Crippen molar-refractivity contribution in [3.05, 3.63) is 45.0 Å². The van der Waals surface area contributed by atoms with Crippen molar-refractivity contribution in [1.29, 1.82) is 0 Å². The Labute approximate surface area is 191 Å². The molecule has 0 amide bonds. The van der Waals surface area contributed by atoms with E-state index in [2.05, 4.69) is 0 Å². The Morgan fingerprint density at radius 3 is 2.48 bits per heavy atom. The van der Waals surface area contributed by atoms with Gasteiger partial charge in [-0.05, 0) is 55.4 Å². The van der Waals surface area contributed by atoms with Gasteiger partial charge in [-0.1, -0.05) is 26.7 Å². The summed E-state index contributed by atoms with van der Waals surface area (Å²) in [6.45, 7) is 5.73. The highest BCUT2D eigenvalue weighted by Gasteiger charge is 2.57. The van der Waals surface area contributed by atoms with Crippen LogP contribution in [-0.2, 0) is 43.4 Å². The van der Waals surface area contributed by atoms with E-state index in [1.54, 1.807) is 13.1 Å². The Kier molecular flexibility index (Phi) is 7.51. The first kappa shape index (κ1) is 25.2. The lowest BCUT2D eigenvalue weighted by Crippen LogP contribution is -2.39. The number of alkyl halides is 3. The second-order valence-electron chi connectivity index (χ2n) is 8.78. The zero-order valence-corrected chi connectivity index (χ0v) is 19.7. The fraction of sp³-hybridized carbons (Fsp3) is 0.625. The summed E-state index contributed by atoms with van der Waals surface area (Å²) in [4.78, 5) is 12.0. The fourth-order valence-corrected chi connectivity index (χ4v) is 4.43. The largest absolute Gasteiger partial charge is 0.493 e. The molecule has 0 saturated heterocycles. The van der Waals surface area contributed by atoms with Crippen molar-refractivity contribution in [2.45, 2.75) is 84.2 Å². The van der Waals surface area contributed by atoms with Crippen LogP contribution in [0.25, 0.3) is 0 Å². The van der Waals surface area contributed by atoms with Crippen LogP contribution in [0.2, 0.25) is 0 Å². The van der Waals surface area contributed by atoms with E-state index < -0.39 is 11.8 Å². The van der Waals surface area contributed by atoms with E-state index in [9.17, 15) is 23.1 Å². The average molecular weight is 471 g/mol. The highest BCUT2D eigenvalue weighted by atomic mass is 19.4. The van der Waals surface area contributed by atoms with Gasteiger partial charge >= 0.3 is 11.9 Å². The summed E-state index contributed by atoms with van der Waals surface area (Å²) >= 11 is 0. The summed E-state index contributed by atoms with van der Waals surface area (Å²) in [5.41, 5.74) is -0.215. The van der Waals surface area contributed by atoms with Gasteiger partial charge in [0.15, 0.2) is 5.60 Å².